The van der Waals surface area contributed by atoms with E-state index in [0.29, 0.717) is 23.6 Å². The first kappa shape index (κ1) is 22.2. The van der Waals surface area contributed by atoms with Crippen molar-refractivity contribution >= 4 is 23.2 Å². The summed E-state index contributed by atoms with van der Waals surface area (Å²) in [6, 6.07) is 11.0. The third kappa shape index (κ3) is 5.55. The fourth-order valence-corrected chi connectivity index (χ4v) is 3.05. The number of rotatable bonds is 9. The zero-order valence-electron chi connectivity index (χ0n) is 17.1. The van der Waals surface area contributed by atoms with Crippen LogP contribution in [-0.2, 0) is 19.1 Å². The fourth-order valence-electron chi connectivity index (χ4n) is 3.05. The van der Waals surface area contributed by atoms with E-state index >= 15 is 0 Å². The molecule has 2 unspecified atom stereocenters. The largest absolute Gasteiger partial charge is 0.481 e. The molecule has 0 aliphatic carbocycles. The molecule has 0 amide bonds. The first-order chi connectivity index (χ1) is 15.0. The Kier molecular flexibility index (Phi) is 7.50. The van der Waals surface area contributed by atoms with Crippen molar-refractivity contribution in [2.24, 2.45) is 0 Å². The van der Waals surface area contributed by atoms with Crippen molar-refractivity contribution < 1.29 is 29.0 Å². The van der Waals surface area contributed by atoms with Crippen molar-refractivity contribution in [3.05, 3.63) is 71.8 Å². The number of unbranched alkanes of at least 4 members (excludes halogenated alkanes) is 1. The predicted molar refractivity (Wildman–Crippen MR) is 112 cm³/mol. The van der Waals surface area contributed by atoms with Crippen LogP contribution in [0.2, 0.25) is 0 Å². The normalized spacial score (nSPS) is 16.8. The molecule has 2 atom stereocenters. The summed E-state index contributed by atoms with van der Waals surface area (Å²) in [5, 5.41) is 12.5. The van der Waals surface area contributed by atoms with Gasteiger partial charge in [0.1, 0.15) is 18.4 Å². The van der Waals surface area contributed by atoms with Gasteiger partial charge in [0.15, 0.2) is 6.10 Å². The monoisotopic (exact) mass is 424 g/mol. The summed E-state index contributed by atoms with van der Waals surface area (Å²) in [6.45, 7) is 1.88. The molecular weight excluding hydrogens is 400 g/mol. The van der Waals surface area contributed by atoms with Gasteiger partial charge in [0.2, 0.25) is 11.6 Å². The number of aromatic nitrogens is 1. The number of pyridine rings is 1. The SMILES string of the molecule is CCCCOC(=O)c1ccc(NC(c2ccccn2)C2OC(CO)=CC(=O)C2=O)cc1. The lowest BCUT2D eigenvalue weighted by Crippen LogP contribution is -2.42. The van der Waals surface area contributed by atoms with Crippen molar-refractivity contribution in [3.63, 3.8) is 0 Å². The summed E-state index contributed by atoms with van der Waals surface area (Å²) in [5.74, 6) is -1.87. The Labute approximate surface area is 179 Å². The Hall–Kier alpha value is -3.52. The minimum absolute atomic E-state index is 0.0162. The van der Waals surface area contributed by atoms with Gasteiger partial charge in [0.05, 0.1) is 17.9 Å². The van der Waals surface area contributed by atoms with Gasteiger partial charge in [-0.05, 0) is 42.8 Å². The number of Topliss-reactive ketones (excluding diaryl/α,β-unsaturated/α-hetero) is 1. The van der Waals surface area contributed by atoms with Gasteiger partial charge >= 0.3 is 5.97 Å². The molecular formula is C23H24N2O6. The van der Waals surface area contributed by atoms with E-state index in [2.05, 4.69) is 10.3 Å². The molecule has 0 saturated heterocycles. The van der Waals surface area contributed by atoms with Crippen LogP contribution in [0.1, 0.15) is 41.9 Å². The van der Waals surface area contributed by atoms with Gasteiger partial charge in [-0.15, -0.1) is 0 Å². The number of nitrogens with zero attached hydrogens (tertiary/aromatic N) is 1. The molecule has 2 heterocycles. The zero-order valence-corrected chi connectivity index (χ0v) is 17.1. The second-order valence-electron chi connectivity index (χ2n) is 6.98. The van der Waals surface area contributed by atoms with Crippen LogP contribution >= 0.6 is 0 Å². The molecule has 3 rings (SSSR count). The van der Waals surface area contributed by atoms with Crippen molar-refractivity contribution in [1.82, 2.24) is 4.98 Å². The molecule has 0 spiro atoms. The standard InChI is InChI=1S/C23H24N2O6/c1-2-3-12-30-23(29)15-7-9-16(10-8-15)25-20(18-6-4-5-11-24-18)22-21(28)19(27)13-17(14-26)31-22/h4-11,13,20,22,25-26H,2-3,12,14H2,1H3. The number of ketones is 2. The Bertz CT molecular complexity index is 956. The van der Waals surface area contributed by atoms with Crippen molar-refractivity contribution in [1.29, 1.82) is 0 Å². The Balaban J connectivity index is 1.82. The fraction of sp³-hybridized carbons (Fsp3) is 0.304. The average Bonchev–Trinajstić information content (AvgIpc) is 2.80. The number of carbonyl (C=O) groups is 3. The van der Waals surface area contributed by atoms with Crippen LogP contribution in [0.15, 0.2) is 60.5 Å². The van der Waals surface area contributed by atoms with E-state index < -0.39 is 36.3 Å². The van der Waals surface area contributed by atoms with Crippen LogP contribution in [0.25, 0.3) is 0 Å². The second kappa shape index (κ2) is 10.5. The number of aliphatic hydroxyl groups is 1. The van der Waals surface area contributed by atoms with Crippen LogP contribution < -0.4 is 5.32 Å². The highest BCUT2D eigenvalue weighted by atomic mass is 16.5. The molecule has 0 saturated carbocycles. The van der Waals surface area contributed by atoms with E-state index in [0.717, 1.165) is 18.9 Å². The predicted octanol–water partition coefficient (Wildman–Crippen LogP) is 2.60. The van der Waals surface area contributed by atoms with Gasteiger partial charge in [-0.25, -0.2) is 4.79 Å². The summed E-state index contributed by atoms with van der Waals surface area (Å²) in [5.41, 5.74) is 1.47. The second-order valence-corrected chi connectivity index (χ2v) is 6.98. The van der Waals surface area contributed by atoms with E-state index in [9.17, 15) is 19.5 Å². The first-order valence-corrected chi connectivity index (χ1v) is 10.0. The molecule has 0 bridgehead atoms. The first-order valence-electron chi connectivity index (χ1n) is 10.0. The number of esters is 1. The molecule has 1 aliphatic heterocycles. The van der Waals surface area contributed by atoms with Gasteiger partial charge < -0.3 is 19.9 Å². The highest BCUT2D eigenvalue weighted by Gasteiger charge is 2.39. The Morgan fingerprint density at radius 2 is 2.00 bits per heavy atom. The number of benzene rings is 1. The summed E-state index contributed by atoms with van der Waals surface area (Å²) < 4.78 is 10.8. The van der Waals surface area contributed by atoms with E-state index in [-0.39, 0.29) is 5.76 Å². The number of aliphatic hydroxyl groups excluding tert-OH is 1. The maximum Gasteiger partial charge on any atom is 0.338 e. The molecule has 162 valence electrons. The number of anilines is 1. The lowest BCUT2D eigenvalue weighted by molar-refractivity contribution is -0.142. The van der Waals surface area contributed by atoms with E-state index in [1.165, 1.54) is 0 Å². The van der Waals surface area contributed by atoms with Crippen LogP contribution in [0.3, 0.4) is 0 Å². The topological polar surface area (TPSA) is 115 Å². The lowest BCUT2D eigenvalue weighted by atomic mass is 9.97. The van der Waals surface area contributed by atoms with Crippen LogP contribution in [0.5, 0.6) is 0 Å². The lowest BCUT2D eigenvalue weighted by Gasteiger charge is -2.30. The van der Waals surface area contributed by atoms with Crippen LogP contribution in [0.4, 0.5) is 5.69 Å². The highest BCUT2D eigenvalue weighted by Crippen LogP contribution is 2.28. The van der Waals surface area contributed by atoms with Gasteiger partial charge in [-0.2, -0.15) is 0 Å². The molecule has 2 aromatic rings. The van der Waals surface area contributed by atoms with Crippen LogP contribution in [-0.4, -0.2) is 46.9 Å². The maximum absolute atomic E-state index is 12.5. The summed E-state index contributed by atoms with van der Waals surface area (Å²) in [6.07, 6.45) is 3.09. The van der Waals surface area contributed by atoms with Crippen molar-refractivity contribution in [2.75, 3.05) is 18.5 Å². The van der Waals surface area contributed by atoms with E-state index in [4.69, 9.17) is 9.47 Å². The summed E-state index contributed by atoms with van der Waals surface area (Å²) in [7, 11) is 0. The zero-order chi connectivity index (χ0) is 22.2. The summed E-state index contributed by atoms with van der Waals surface area (Å²) >= 11 is 0. The van der Waals surface area contributed by atoms with Gasteiger partial charge in [0, 0.05) is 18.0 Å². The van der Waals surface area contributed by atoms with Crippen molar-refractivity contribution in [2.45, 2.75) is 31.9 Å². The van der Waals surface area contributed by atoms with Gasteiger partial charge in [0.25, 0.3) is 0 Å². The third-order valence-corrected chi connectivity index (χ3v) is 4.71. The maximum atomic E-state index is 12.5. The Morgan fingerprint density at radius 3 is 2.65 bits per heavy atom. The third-order valence-electron chi connectivity index (χ3n) is 4.71. The molecule has 2 N–H and O–H groups in total. The molecule has 0 radical (unpaired) electrons. The Morgan fingerprint density at radius 1 is 1.23 bits per heavy atom. The molecule has 1 aromatic heterocycles. The number of ether oxygens (including phenoxy) is 2. The van der Waals surface area contributed by atoms with E-state index in [1.807, 2.05) is 6.92 Å². The number of nitrogens with one attached hydrogen (secondary N) is 1. The minimum atomic E-state index is -1.20. The molecule has 1 aliphatic rings. The van der Waals surface area contributed by atoms with Crippen molar-refractivity contribution in [3.8, 4) is 0 Å². The number of hydrogen-bond donors (Lipinski definition) is 2. The smallest absolute Gasteiger partial charge is 0.338 e. The minimum Gasteiger partial charge on any atom is -0.481 e. The van der Waals surface area contributed by atoms with E-state index in [1.54, 1.807) is 48.7 Å². The molecule has 0 fully saturated rings. The van der Waals surface area contributed by atoms with Crippen LogP contribution in [0, 0.1) is 0 Å². The molecule has 31 heavy (non-hydrogen) atoms. The number of allylic oxidation sites excluding steroid dienone is 1. The summed E-state index contributed by atoms with van der Waals surface area (Å²) in [4.78, 5) is 41.0. The molecule has 8 nitrogen and oxygen atoms in total. The molecule has 1 aromatic carbocycles. The van der Waals surface area contributed by atoms with Gasteiger partial charge in [-0.3, -0.25) is 14.6 Å². The number of hydrogen-bond acceptors (Lipinski definition) is 8. The molecule has 8 heteroatoms. The quantitative estimate of drug-likeness (QED) is 0.359. The highest BCUT2D eigenvalue weighted by molar-refractivity contribution is 6.44. The number of carbonyl (C=O) groups excluding carboxylic acids is 3. The van der Waals surface area contributed by atoms with Gasteiger partial charge in [-0.1, -0.05) is 19.4 Å². The average molecular weight is 424 g/mol.